The van der Waals surface area contributed by atoms with Gasteiger partial charge in [0.05, 0.1) is 6.20 Å². The minimum Gasteiger partial charge on any atom is -0.388 e. The number of hydrogen-bond donors (Lipinski definition) is 4. The second-order valence-corrected chi connectivity index (χ2v) is 5.82. The Hall–Kier alpha value is -3.81. The Balaban J connectivity index is 1.88. The molecule has 8 heteroatoms. The van der Waals surface area contributed by atoms with Crippen molar-refractivity contribution in [1.29, 1.82) is 5.41 Å². The summed E-state index contributed by atoms with van der Waals surface area (Å²) in [5.74, 6) is 1.50. The zero-order chi connectivity index (χ0) is 19.8. The number of aromatic nitrogens is 3. The fraction of sp³-hybridized carbons (Fsp3) is 0.100. The van der Waals surface area contributed by atoms with Crippen LogP contribution in [0.3, 0.4) is 0 Å². The average Bonchev–Trinajstić information content (AvgIpc) is 2.72. The van der Waals surface area contributed by atoms with E-state index in [1.165, 1.54) is 18.3 Å². The molecule has 0 saturated carbocycles. The SMILES string of the molecule is CN/C(=C\C=N)c1cc(NCc2ccc(F)cc2)nc(Nc2cnccn2)c1. The highest BCUT2D eigenvalue weighted by atomic mass is 19.1. The van der Waals surface area contributed by atoms with E-state index in [-0.39, 0.29) is 5.82 Å². The molecule has 0 saturated heterocycles. The van der Waals surface area contributed by atoms with E-state index in [1.54, 1.807) is 43.8 Å². The maximum atomic E-state index is 13.1. The zero-order valence-electron chi connectivity index (χ0n) is 15.3. The van der Waals surface area contributed by atoms with Gasteiger partial charge in [0.25, 0.3) is 0 Å². The van der Waals surface area contributed by atoms with Crippen LogP contribution in [0.25, 0.3) is 5.70 Å². The average molecular weight is 377 g/mol. The molecule has 0 fully saturated rings. The number of hydrogen-bond acceptors (Lipinski definition) is 7. The molecule has 4 N–H and O–H groups in total. The first-order valence-corrected chi connectivity index (χ1v) is 8.60. The monoisotopic (exact) mass is 377 g/mol. The van der Waals surface area contributed by atoms with Crippen LogP contribution in [-0.2, 0) is 6.54 Å². The third-order valence-electron chi connectivity index (χ3n) is 3.86. The predicted octanol–water partition coefficient (Wildman–Crippen LogP) is 3.58. The lowest BCUT2D eigenvalue weighted by molar-refractivity contribution is 0.627. The minimum absolute atomic E-state index is 0.269. The molecule has 3 rings (SSSR count). The van der Waals surface area contributed by atoms with Gasteiger partial charge in [-0.05, 0) is 35.9 Å². The standard InChI is InChI=1S/C20H20FN7/c1-23-17(6-7-22)15-10-18(26-12-14-2-4-16(21)5-3-14)27-19(11-15)28-20-13-24-8-9-25-20/h2-11,13,22-23H,12H2,1H3,(H2,25,26,27,28)/b17-6-,22-7?. The molecule has 7 nitrogen and oxygen atoms in total. The first kappa shape index (κ1) is 19.0. The summed E-state index contributed by atoms with van der Waals surface area (Å²) in [6.45, 7) is 0.491. The summed E-state index contributed by atoms with van der Waals surface area (Å²) in [6, 6.07) is 10.0. The van der Waals surface area contributed by atoms with Crippen LogP contribution in [0.5, 0.6) is 0 Å². The Morgan fingerprint density at radius 3 is 2.57 bits per heavy atom. The van der Waals surface area contributed by atoms with Gasteiger partial charge in [0.1, 0.15) is 23.3 Å². The summed E-state index contributed by atoms with van der Waals surface area (Å²) in [6.07, 6.45) is 7.66. The van der Waals surface area contributed by atoms with E-state index in [0.29, 0.717) is 24.0 Å². The van der Waals surface area contributed by atoms with Crippen molar-refractivity contribution in [3.8, 4) is 0 Å². The van der Waals surface area contributed by atoms with Gasteiger partial charge in [0.15, 0.2) is 0 Å². The molecule has 0 aliphatic rings. The smallest absolute Gasteiger partial charge is 0.150 e. The lowest BCUT2D eigenvalue weighted by Gasteiger charge is -2.13. The van der Waals surface area contributed by atoms with Crippen molar-refractivity contribution >= 4 is 29.4 Å². The molecule has 28 heavy (non-hydrogen) atoms. The normalized spacial score (nSPS) is 11.0. The zero-order valence-corrected chi connectivity index (χ0v) is 15.3. The van der Waals surface area contributed by atoms with Gasteiger partial charge in [0.2, 0.25) is 0 Å². The molecule has 0 amide bonds. The van der Waals surface area contributed by atoms with E-state index < -0.39 is 0 Å². The predicted molar refractivity (Wildman–Crippen MR) is 109 cm³/mol. The van der Waals surface area contributed by atoms with Crippen LogP contribution in [0.1, 0.15) is 11.1 Å². The number of nitrogens with one attached hydrogen (secondary N) is 4. The second kappa shape index (κ2) is 9.22. The second-order valence-electron chi connectivity index (χ2n) is 5.82. The molecule has 0 radical (unpaired) electrons. The van der Waals surface area contributed by atoms with Gasteiger partial charge in [-0.15, -0.1) is 0 Å². The highest BCUT2D eigenvalue weighted by Crippen LogP contribution is 2.22. The third kappa shape index (κ3) is 5.10. The molecule has 0 atom stereocenters. The van der Waals surface area contributed by atoms with Crippen molar-refractivity contribution in [2.75, 3.05) is 17.7 Å². The van der Waals surface area contributed by atoms with Gasteiger partial charge >= 0.3 is 0 Å². The molecule has 0 bridgehead atoms. The van der Waals surface area contributed by atoms with Crippen molar-refractivity contribution in [3.05, 3.63) is 78.0 Å². The van der Waals surface area contributed by atoms with Gasteiger partial charge in [-0.3, -0.25) is 4.98 Å². The van der Waals surface area contributed by atoms with Crippen LogP contribution in [0.4, 0.5) is 21.8 Å². The van der Waals surface area contributed by atoms with Crippen molar-refractivity contribution < 1.29 is 4.39 Å². The molecule has 0 spiro atoms. The molecule has 1 aromatic carbocycles. The Bertz CT molecular complexity index is 956. The third-order valence-corrected chi connectivity index (χ3v) is 3.86. The lowest BCUT2D eigenvalue weighted by Crippen LogP contribution is -2.09. The van der Waals surface area contributed by atoms with Gasteiger partial charge in [-0.1, -0.05) is 12.1 Å². The van der Waals surface area contributed by atoms with E-state index >= 15 is 0 Å². The molecular weight excluding hydrogens is 357 g/mol. The fourth-order valence-corrected chi connectivity index (χ4v) is 2.54. The van der Waals surface area contributed by atoms with E-state index in [9.17, 15) is 4.39 Å². The van der Waals surface area contributed by atoms with Gasteiger partial charge in [-0.2, -0.15) is 0 Å². The Morgan fingerprint density at radius 1 is 1.11 bits per heavy atom. The number of rotatable bonds is 8. The molecular formula is C20H20FN7. The molecule has 0 aliphatic carbocycles. The first-order valence-electron chi connectivity index (χ1n) is 8.60. The van der Waals surface area contributed by atoms with E-state index in [1.807, 2.05) is 12.1 Å². The summed E-state index contributed by atoms with van der Waals surface area (Å²) >= 11 is 0. The topological polar surface area (TPSA) is 98.6 Å². The van der Waals surface area contributed by atoms with Crippen LogP contribution < -0.4 is 16.0 Å². The largest absolute Gasteiger partial charge is 0.388 e. The number of nitrogens with zero attached hydrogens (tertiary/aromatic N) is 3. The summed E-state index contributed by atoms with van der Waals surface area (Å²) in [7, 11) is 1.79. The Morgan fingerprint density at radius 2 is 1.89 bits per heavy atom. The highest BCUT2D eigenvalue weighted by Gasteiger charge is 2.08. The van der Waals surface area contributed by atoms with Crippen molar-refractivity contribution in [2.45, 2.75) is 6.54 Å². The summed E-state index contributed by atoms with van der Waals surface area (Å²) in [5, 5.41) is 16.8. The Labute approximate surface area is 162 Å². The first-order chi connectivity index (χ1) is 13.7. The molecule has 0 aliphatic heterocycles. The Kier molecular flexibility index (Phi) is 6.25. The quantitative estimate of drug-likeness (QED) is 0.448. The maximum absolute atomic E-state index is 13.1. The van der Waals surface area contributed by atoms with Gasteiger partial charge in [-0.25, -0.2) is 14.4 Å². The van der Waals surface area contributed by atoms with Crippen LogP contribution in [0.2, 0.25) is 0 Å². The van der Waals surface area contributed by atoms with E-state index in [2.05, 4.69) is 30.9 Å². The van der Waals surface area contributed by atoms with E-state index in [4.69, 9.17) is 5.41 Å². The summed E-state index contributed by atoms with van der Waals surface area (Å²) in [4.78, 5) is 12.8. The number of allylic oxidation sites excluding steroid dienone is 1. The number of halogens is 1. The van der Waals surface area contributed by atoms with Crippen LogP contribution in [-0.4, -0.2) is 28.2 Å². The number of anilines is 3. The highest BCUT2D eigenvalue weighted by molar-refractivity contribution is 5.83. The summed E-state index contributed by atoms with van der Waals surface area (Å²) < 4.78 is 13.1. The van der Waals surface area contributed by atoms with Crippen LogP contribution >= 0.6 is 0 Å². The number of benzene rings is 1. The molecule has 2 aromatic heterocycles. The maximum Gasteiger partial charge on any atom is 0.150 e. The van der Waals surface area contributed by atoms with Crippen molar-refractivity contribution in [3.63, 3.8) is 0 Å². The molecule has 142 valence electrons. The van der Waals surface area contributed by atoms with Crippen molar-refractivity contribution in [1.82, 2.24) is 20.3 Å². The lowest BCUT2D eigenvalue weighted by atomic mass is 10.1. The molecule has 3 aromatic rings. The molecule has 2 heterocycles. The summed E-state index contributed by atoms with van der Waals surface area (Å²) in [5.41, 5.74) is 2.54. The van der Waals surface area contributed by atoms with Gasteiger partial charge in [0, 0.05) is 43.5 Å². The van der Waals surface area contributed by atoms with Crippen LogP contribution in [0, 0.1) is 11.2 Å². The van der Waals surface area contributed by atoms with Gasteiger partial charge < -0.3 is 21.4 Å². The van der Waals surface area contributed by atoms with Crippen molar-refractivity contribution in [2.24, 2.45) is 0 Å². The molecule has 0 unspecified atom stereocenters. The van der Waals surface area contributed by atoms with E-state index in [0.717, 1.165) is 16.8 Å². The number of pyridine rings is 1. The fourth-order valence-electron chi connectivity index (χ4n) is 2.54. The minimum atomic E-state index is -0.269. The van der Waals surface area contributed by atoms with Crippen LogP contribution in [0.15, 0.2) is 61.1 Å².